The quantitative estimate of drug-likeness (QED) is 0.833. The van der Waals surface area contributed by atoms with Crippen LogP contribution in [-0.2, 0) is 0 Å². The average Bonchev–Trinajstić information content (AvgIpc) is 2.39. The lowest BCUT2D eigenvalue weighted by molar-refractivity contribution is -0.0358. The van der Waals surface area contributed by atoms with E-state index >= 15 is 0 Å². The normalized spacial score (nSPS) is 25.7. The van der Waals surface area contributed by atoms with Crippen molar-refractivity contribution in [2.24, 2.45) is 0 Å². The molecule has 2 rings (SSSR count). The number of benzene rings is 1. The van der Waals surface area contributed by atoms with E-state index in [-0.39, 0.29) is 12.1 Å². The van der Waals surface area contributed by atoms with Gasteiger partial charge >= 0.3 is 6.03 Å². The third-order valence-electron chi connectivity index (χ3n) is 4.49. The first kappa shape index (κ1) is 18.4. The third-order valence-corrected chi connectivity index (χ3v) is 5.23. The summed E-state index contributed by atoms with van der Waals surface area (Å²) in [4.78, 5) is 16.4. The molecule has 1 heterocycles. The van der Waals surface area contributed by atoms with Gasteiger partial charge in [-0.1, -0.05) is 30.1 Å². The van der Waals surface area contributed by atoms with E-state index in [1.54, 1.807) is 25.1 Å². The molecule has 0 spiro atoms. The fourth-order valence-corrected chi connectivity index (χ4v) is 3.83. The van der Waals surface area contributed by atoms with Crippen LogP contribution in [0.25, 0.3) is 0 Å². The highest BCUT2D eigenvalue weighted by Crippen LogP contribution is 2.41. The van der Waals surface area contributed by atoms with Crippen LogP contribution in [-0.4, -0.2) is 33.3 Å². The van der Waals surface area contributed by atoms with Gasteiger partial charge in [0.1, 0.15) is 5.72 Å². The fourth-order valence-electron chi connectivity index (χ4n) is 3.54. The summed E-state index contributed by atoms with van der Waals surface area (Å²) in [6, 6.07) is 4.80. The van der Waals surface area contributed by atoms with Crippen LogP contribution in [0.1, 0.15) is 47.5 Å². The number of carbonyl (C=O) groups is 1. The second-order valence-corrected chi connectivity index (χ2v) is 7.86. The Morgan fingerprint density at radius 1 is 1.26 bits per heavy atom. The summed E-state index contributed by atoms with van der Waals surface area (Å²) in [6.07, 6.45) is 1.27. The summed E-state index contributed by atoms with van der Waals surface area (Å²) >= 11 is 12.1. The number of hydrogen-bond acceptors (Lipinski definition) is 2. The van der Waals surface area contributed by atoms with Gasteiger partial charge in [-0.3, -0.25) is 4.90 Å². The van der Waals surface area contributed by atoms with Crippen molar-refractivity contribution in [3.63, 3.8) is 0 Å². The number of aliphatic hydroxyl groups is 1. The molecule has 1 saturated heterocycles. The monoisotopic (exact) mass is 358 g/mol. The second-order valence-electron chi connectivity index (χ2n) is 7.05. The zero-order valence-corrected chi connectivity index (χ0v) is 15.7. The minimum Gasteiger partial charge on any atom is -0.371 e. The number of rotatable bonds is 3. The van der Waals surface area contributed by atoms with Crippen LogP contribution in [0.3, 0.4) is 0 Å². The first-order chi connectivity index (χ1) is 10.5. The lowest BCUT2D eigenvalue weighted by Crippen LogP contribution is -2.69. The zero-order valence-electron chi connectivity index (χ0n) is 14.2. The molecule has 1 N–H and O–H groups in total. The van der Waals surface area contributed by atoms with E-state index in [4.69, 9.17) is 23.2 Å². The summed E-state index contributed by atoms with van der Waals surface area (Å²) < 4.78 is 0. The Labute approximate surface area is 148 Å². The molecular formula is C17H24Cl2N2O2. The third kappa shape index (κ3) is 3.30. The van der Waals surface area contributed by atoms with Crippen LogP contribution in [0.4, 0.5) is 10.5 Å². The molecule has 0 radical (unpaired) electrons. The van der Waals surface area contributed by atoms with Crippen LogP contribution in [0.5, 0.6) is 0 Å². The highest BCUT2D eigenvalue weighted by molar-refractivity contribution is 6.42. The molecule has 0 unspecified atom stereocenters. The minimum atomic E-state index is -1.30. The van der Waals surface area contributed by atoms with E-state index in [0.29, 0.717) is 22.2 Å². The van der Waals surface area contributed by atoms with Crippen molar-refractivity contribution >= 4 is 34.9 Å². The molecule has 4 nitrogen and oxygen atoms in total. The van der Waals surface area contributed by atoms with Crippen molar-refractivity contribution in [3.05, 3.63) is 28.2 Å². The molecule has 6 heteroatoms. The Bertz CT molecular complexity index is 617. The van der Waals surface area contributed by atoms with Gasteiger partial charge in [0, 0.05) is 23.7 Å². The second kappa shape index (κ2) is 6.15. The molecule has 1 aliphatic rings. The average molecular weight is 359 g/mol. The molecule has 2 atom stereocenters. The van der Waals surface area contributed by atoms with E-state index in [2.05, 4.69) is 0 Å². The topological polar surface area (TPSA) is 43.8 Å². The lowest BCUT2D eigenvalue weighted by Gasteiger charge is -2.55. The minimum absolute atomic E-state index is 0.0684. The number of carbonyl (C=O) groups excluding carboxylic acids is 1. The van der Waals surface area contributed by atoms with Gasteiger partial charge in [-0.15, -0.1) is 0 Å². The first-order valence-electron chi connectivity index (χ1n) is 7.82. The summed E-state index contributed by atoms with van der Waals surface area (Å²) in [6.45, 7) is 9.69. The fraction of sp³-hybridized carbons (Fsp3) is 0.588. The summed E-state index contributed by atoms with van der Waals surface area (Å²) in [5.74, 6) is 0. The zero-order chi connectivity index (χ0) is 17.6. The Kier molecular flexibility index (Phi) is 4.91. The maximum Gasteiger partial charge on any atom is 0.327 e. The van der Waals surface area contributed by atoms with Gasteiger partial charge in [0.15, 0.2) is 0 Å². The highest BCUT2D eigenvalue weighted by atomic mass is 35.5. The smallest absolute Gasteiger partial charge is 0.327 e. The Morgan fingerprint density at radius 2 is 1.87 bits per heavy atom. The van der Waals surface area contributed by atoms with Crippen molar-refractivity contribution in [1.82, 2.24) is 4.90 Å². The van der Waals surface area contributed by atoms with Gasteiger partial charge < -0.3 is 10.0 Å². The van der Waals surface area contributed by atoms with E-state index in [1.807, 2.05) is 32.6 Å². The van der Waals surface area contributed by atoms with E-state index in [9.17, 15) is 9.90 Å². The largest absolute Gasteiger partial charge is 0.371 e. The molecule has 128 valence electrons. The predicted molar refractivity (Wildman–Crippen MR) is 95.2 cm³/mol. The first-order valence-corrected chi connectivity index (χ1v) is 8.58. The Balaban J connectivity index is 2.52. The standard InChI is InChI=1S/C17H24Cl2N2O2/c1-6-11(2)20-15(22)21(17(5,23)10-16(20,3)4)12-7-8-13(18)14(19)9-12/h7-9,11,23H,6,10H2,1-5H3/t11-,17-/m0/s1. The van der Waals surface area contributed by atoms with Gasteiger partial charge in [-0.05, 0) is 52.3 Å². The highest BCUT2D eigenvalue weighted by Gasteiger charge is 2.51. The van der Waals surface area contributed by atoms with Gasteiger partial charge in [0.2, 0.25) is 0 Å². The SMILES string of the molecule is CC[C@H](C)N1C(=O)N(c2ccc(Cl)c(Cl)c2)[C@@](C)(O)CC1(C)C. The molecule has 23 heavy (non-hydrogen) atoms. The summed E-state index contributed by atoms with van der Waals surface area (Å²) in [5, 5.41) is 11.7. The maximum atomic E-state index is 13.2. The van der Waals surface area contributed by atoms with Gasteiger partial charge in [-0.25, -0.2) is 4.79 Å². The molecule has 2 amide bonds. The number of anilines is 1. The number of nitrogens with zero attached hydrogens (tertiary/aromatic N) is 2. The van der Waals surface area contributed by atoms with Crippen LogP contribution in [0.15, 0.2) is 18.2 Å². The van der Waals surface area contributed by atoms with Crippen molar-refractivity contribution in [1.29, 1.82) is 0 Å². The Hall–Kier alpha value is -0.970. The predicted octanol–water partition coefficient (Wildman–Crippen LogP) is 4.91. The number of amides is 2. The molecule has 0 bridgehead atoms. The number of hydrogen-bond donors (Lipinski definition) is 1. The van der Waals surface area contributed by atoms with Crippen LogP contribution >= 0.6 is 23.2 Å². The number of urea groups is 1. The molecule has 0 aliphatic carbocycles. The van der Waals surface area contributed by atoms with Gasteiger partial charge in [-0.2, -0.15) is 0 Å². The molecular weight excluding hydrogens is 335 g/mol. The van der Waals surface area contributed by atoms with E-state index < -0.39 is 11.3 Å². The van der Waals surface area contributed by atoms with Crippen LogP contribution in [0, 0.1) is 0 Å². The lowest BCUT2D eigenvalue weighted by atomic mass is 9.86. The van der Waals surface area contributed by atoms with Crippen LogP contribution in [0.2, 0.25) is 10.0 Å². The molecule has 0 saturated carbocycles. The van der Waals surface area contributed by atoms with Gasteiger partial charge in [0.05, 0.1) is 10.0 Å². The molecule has 1 fully saturated rings. The van der Waals surface area contributed by atoms with E-state index in [0.717, 1.165) is 6.42 Å². The van der Waals surface area contributed by atoms with Crippen molar-refractivity contribution in [2.75, 3.05) is 4.90 Å². The summed E-state index contributed by atoms with van der Waals surface area (Å²) in [5.41, 5.74) is -1.21. The molecule has 1 aromatic rings. The Morgan fingerprint density at radius 3 is 2.39 bits per heavy atom. The van der Waals surface area contributed by atoms with Crippen molar-refractivity contribution in [2.45, 2.75) is 64.8 Å². The van der Waals surface area contributed by atoms with E-state index in [1.165, 1.54) is 4.90 Å². The van der Waals surface area contributed by atoms with Crippen molar-refractivity contribution < 1.29 is 9.90 Å². The maximum absolute atomic E-state index is 13.2. The number of halogens is 2. The van der Waals surface area contributed by atoms with Crippen molar-refractivity contribution in [3.8, 4) is 0 Å². The molecule has 1 aliphatic heterocycles. The molecule has 1 aromatic carbocycles. The molecule has 0 aromatic heterocycles. The van der Waals surface area contributed by atoms with Gasteiger partial charge in [0.25, 0.3) is 0 Å². The van der Waals surface area contributed by atoms with Crippen LogP contribution < -0.4 is 4.90 Å². The summed E-state index contributed by atoms with van der Waals surface area (Å²) in [7, 11) is 0.